The minimum absolute atomic E-state index is 0.0125. The van der Waals surface area contributed by atoms with Gasteiger partial charge in [-0.1, -0.05) is 12.1 Å². The summed E-state index contributed by atoms with van der Waals surface area (Å²) in [5, 5.41) is 13.5. The Balaban J connectivity index is 1.58. The zero-order valence-corrected chi connectivity index (χ0v) is 16.1. The van der Waals surface area contributed by atoms with Crippen LogP contribution in [0.4, 0.5) is 11.4 Å². The van der Waals surface area contributed by atoms with Gasteiger partial charge in [-0.05, 0) is 43.0 Å². The minimum Gasteiger partial charge on any atom is -0.336 e. The molecule has 1 aliphatic heterocycles. The fraction of sp³-hybridized carbons (Fsp3) is 0.238. The summed E-state index contributed by atoms with van der Waals surface area (Å²) in [5.74, 6) is -0.379. The van der Waals surface area contributed by atoms with Crippen molar-refractivity contribution in [3.8, 4) is 0 Å². The van der Waals surface area contributed by atoms with Crippen molar-refractivity contribution in [2.75, 3.05) is 38.5 Å². The van der Waals surface area contributed by atoms with Crippen LogP contribution in [0.1, 0.15) is 15.9 Å². The lowest BCUT2D eigenvalue weighted by molar-refractivity contribution is -0.384. The molecule has 1 aliphatic rings. The summed E-state index contributed by atoms with van der Waals surface area (Å²) in [6.45, 7) is 3.13. The van der Waals surface area contributed by atoms with Gasteiger partial charge >= 0.3 is 0 Å². The lowest BCUT2D eigenvalue weighted by Crippen LogP contribution is -2.47. The van der Waals surface area contributed by atoms with E-state index in [0.29, 0.717) is 29.9 Å². The first-order valence-corrected chi connectivity index (χ1v) is 9.24. The van der Waals surface area contributed by atoms with Crippen molar-refractivity contribution in [1.29, 1.82) is 0 Å². The molecule has 1 saturated heterocycles. The Labute approximate surface area is 168 Å². The average molecular weight is 394 g/mol. The normalized spacial score (nSPS) is 14.7. The van der Waals surface area contributed by atoms with Gasteiger partial charge in [0.2, 0.25) is 5.91 Å². The number of nitrogens with zero attached hydrogens (tertiary/aromatic N) is 3. The van der Waals surface area contributed by atoms with Gasteiger partial charge in [0.25, 0.3) is 11.6 Å². The SMILES string of the molecule is CN1CCN(C(=O)c2ccc(NC(=O)/C=C/c3cccc([N+](=O)[O-])c3)cc2)CC1. The van der Waals surface area contributed by atoms with Gasteiger partial charge in [0.1, 0.15) is 0 Å². The van der Waals surface area contributed by atoms with Gasteiger partial charge < -0.3 is 15.1 Å². The molecule has 8 heteroatoms. The highest BCUT2D eigenvalue weighted by Crippen LogP contribution is 2.15. The number of hydrogen-bond acceptors (Lipinski definition) is 5. The van der Waals surface area contributed by atoms with Gasteiger partial charge in [-0.3, -0.25) is 19.7 Å². The van der Waals surface area contributed by atoms with Crippen molar-refractivity contribution in [2.24, 2.45) is 0 Å². The highest BCUT2D eigenvalue weighted by Gasteiger charge is 2.20. The summed E-state index contributed by atoms with van der Waals surface area (Å²) >= 11 is 0. The number of anilines is 1. The lowest BCUT2D eigenvalue weighted by atomic mass is 10.1. The van der Waals surface area contributed by atoms with E-state index in [-0.39, 0.29) is 17.5 Å². The molecule has 8 nitrogen and oxygen atoms in total. The maximum Gasteiger partial charge on any atom is 0.270 e. The molecule has 0 aromatic heterocycles. The molecule has 0 aliphatic carbocycles. The van der Waals surface area contributed by atoms with Crippen molar-refractivity contribution in [3.63, 3.8) is 0 Å². The van der Waals surface area contributed by atoms with Crippen LogP contribution in [0.5, 0.6) is 0 Å². The molecule has 150 valence electrons. The van der Waals surface area contributed by atoms with Crippen molar-refractivity contribution in [2.45, 2.75) is 0 Å². The van der Waals surface area contributed by atoms with Gasteiger partial charge in [-0.2, -0.15) is 0 Å². The number of amides is 2. The van der Waals surface area contributed by atoms with E-state index in [1.165, 1.54) is 24.3 Å². The van der Waals surface area contributed by atoms with Crippen LogP contribution in [0.3, 0.4) is 0 Å². The number of carbonyl (C=O) groups excluding carboxylic acids is 2. The van der Waals surface area contributed by atoms with Crippen LogP contribution < -0.4 is 5.32 Å². The van der Waals surface area contributed by atoms with Crippen LogP contribution in [-0.2, 0) is 4.79 Å². The molecular weight excluding hydrogens is 372 g/mol. The third kappa shape index (κ3) is 5.49. The van der Waals surface area contributed by atoms with Crippen LogP contribution >= 0.6 is 0 Å². The Morgan fingerprint density at radius 1 is 1.07 bits per heavy atom. The second-order valence-electron chi connectivity index (χ2n) is 6.85. The lowest BCUT2D eigenvalue weighted by Gasteiger charge is -2.32. The fourth-order valence-corrected chi connectivity index (χ4v) is 2.99. The Bertz CT molecular complexity index is 932. The van der Waals surface area contributed by atoms with Crippen molar-refractivity contribution in [3.05, 3.63) is 75.8 Å². The number of likely N-dealkylation sites (N-methyl/N-ethyl adjacent to an activating group) is 1. The molecule has 0 unspecified atom stereocenters. The molecular formula is C21H22N4O4. The number of benzene rings is 2. The average Bonchev–Trinajstić information content (AvgIpc) is 2.73. The van der Waals surface area contributed by atoms with E-state index in [9.17, 15) is 19.7 Å². The Hall–Kier alpha value is -3.52. The van der Waals surface area contributed by atoms with E-state index < -0.39 is 4.92 Å². The first kappa shape index (κ1) is 20.2. The Morgan fingerprint density at radius 2 is 1.76 bits per heavy atom. The van der Waals surface area contributed by atoms with Crippen molar-refractivity contribution < 1.29 is 14.5 Å². The van der Waals surface area contributed by atoms with E-state index in [1.807, 2.05) is 11.9 Å². The number of nitrogens with one attached hydrogen (secondary N) is 1. The highest BCUT2D eigenvalue weighted by molar-refractivity contribution is 6.02. The van der Waals surface area contributed by atoms with Gasteiger partial charge in [-0.15, -0.1) is 0 Å². The number of non-ortho nitro benzene ring substituents is 1. The maximum atomic E-state index is 12.5. The minimum atomic E-state index is -0.484. The molecule has 1 heterocycles. The molecule has 2 aromatic carbocycles. The van der Waals surface area contributed by atoms with Crippen LogP contribution in [0.15, 0.2) is 54.6 Å². The Morgan fingerprint density at radius 3 is 2.41 bits per heavy atom. The molecule has 1 fully saturated rings. The fourth-order valence-electron chi connectivity index (χ4n) is 2.99. The summed E-state index contributed by atoms with van der Waals surface area (Å²) in [6, 6.07) is 12.8. The molecule has 1 N–H and O–H groups in total. The van der Waals surface area contributed by atoms with E-state index in [2.05, 4.69) is 10.2 Å². The molecule has 2 aromatic rings. The third-order valence-electron chi connectivity index (χ3n) is 4.70. The van der Waals surface area contributed by atoms with Gasteiger partial charge in [0.05, 0.1) is 4.92 Å². The van der Waals surface area contributed by atoms with Gasteiger partial charge in [0.15, 0.2) is 0 Å². The maximum absolute atomic E-state index is 12.5. The topological polar surface area (TPSA) is 95.8 Å². The van der Waals surface area contributed by atoms with E-state index in [4.69, 9.17) is 0 Å². The monoisotopic (exact) mass is 394 g/mol. The summed E-state index contributed by atoms with van der Waals surface area (Å²) in [7, 11) is 2.03. The molecule has 2 amide bonds. The van der Waals surface area contributed by atoms with E-state index >= 15 is 0 Å². The molecule has 0 bridgehead atoms. The molecule has 0 spiro atoms. The zero-order chi connectivity index (χ0) is 20.8. The predicted molar refractivity (Wildman–Crippen MR) is 111 cm³/mol. The Kier molecular flexibility index (Phi) is 6.36. The number of hydrogen-bond donors (Lipinski definition) is 1. The summed E-state index contributed by atoms with van der Waals surface area (Å²) in [4.78, 5) is 39.0. The van der Waals surface area contributed by atoms with E-state index in [1.54, 1.807) is 36.4 Å². The number of nitro groups is 1. The standard InChI is InChI=1S/C21H22N4O4/c1-23-11-13-24(14-12-23)21(27)17-6-8-18(9-7-17)22-20(26)10-5-16-3-2-4-19(15-16)25(28)29/h2-10,15H,11-14H2,1H3,(H,22,26)/b10-5+. The number of piperazine rings is 1. The van der Waals surface area contributed by atoms with Crippen LogP contribution in [0, 0.1) is 10.1 Å². The quantitative estimate of drug-likeness (QED) is 0.478. The van der Waals surface area contributed by atoms with Crippen molar-refractivity contribution in [1.82, 2.24) is 9.80 Å². The van der Waals surface area contributed by atoms with Crippen LogP contribution in [0.25, 0.3) is 6.08 Å². The largest absolute Gasteiger partial charge is 0.336 e. The van der Waals surface area contributed by atoms with Gasteiger partial charge in [0, 0.05) is 55.6 Å². The predicted octanol–water partition coefficient (Wildman–Crippen LogP) is 2.63. The molecule has 0 atom stereocenters. The van der Waals surface area contributed by atoms with Crippen LogP contribution in [-0.4, -0.2) is 59.8 Å². The van der Waals surface area contributed by atoms with E-state index in [0.717, 1.165) is 13.1 Å². The first-order valence-electron chi connectivity index (χ1n) is 9.24. The number of carbonyl (C=O) groups is 2. The first-order chi connectivity index (χ1) is 13.9. The summed E-state index contributed by atoms with van der Waals surface area (Å²) < 4.78 is 0. The van der Waals surface area contributed by atoms with Crippen LogP contribution in [0.2, 0.25) is 0 Å². The van der Waals surface area contributed by atoms with Crippen molar-refractivity contribution >= 4 is 29.3 Å². The second-order valence-corrected chi connectivity index (χ2v) is 6.85. The van der Waals surface area contributed by atoms with Gasteiger partial charge in [-0.25, -0.2) is 0 Å². The number of nitro benzene ring substituents is 1. The molecule has 29 heavy (non-hydrogen) atoms. The zero-order valence-electron chi connectivity index (χ0n) is 16.1. The second kappa shape index (κ2) is 9.11. The summed E-state index contributed by atoms with van der Waals surface area (Å²) in [6.07, 6.45) is 2.82. The molecule has 3 rings (SSSR count). The third-order valence-corrected chi connectivity index (χ3v) is 4.70. The highest BCUT2D eigenvalue weighted by atomic mass is 16.6. The smallest absolute Gasteiger partial charge is 0.270 e. The molecule has 0 radical (unpaired) electrons. The number of rotatable bonds is 5. The summed E-state index contributed by atoms with van der Waals surface area (Å²) in [5.41, 5.74) is 1.67. The molecule has 0 saturated carbocycles.